The van der Waals surface area contributed by atoms with Gasteiger partial charge in [-0.05, 0) is 61.4 Å². The van der Waals surface area contributed by atoms with Gasteiger partial charge in [0.25, 0.3) is 0 Å². The quantitative estimate of drug-likeness (QED) is 0.277. The van der Waals surface area contributed by atoms with Crippen molar-refractivity contribution in [3.05, 3.63) is 101 Å². The highest BCUT2D eigenvalue weighted by Gasteiger charge is 2.30. The van der Waals surface area contributed by atoms with Crippen LogP contribution in [0.15, 0.2) is 78.0 Å². The summed E-state index contributed by atoms with van der Waals surface area (Å²) in [5.41, 5.74) is 3.81. The van der Waals surface area contributed by atoms with E-state index in [1.165, 1.54) is 23.3 Å². The number of aryl methyl sites for hydroxylation is 2. The number of anilines is 1. The molecule has 0 fully saturated rings. The van der Waals surface area contributed by atoms with Crippen LogP contribution in [0.25, 0.3) is 5.69 Å². The Morgan fingerprint density at radius 1 is 0.944 bits per heavy atom. The summed E-state index contributed by atoms with van der Waals surface area (Å²) >= 11 is 1.54. The van der Waals surface area contributed by atoms with Gasteiger partial charge in [0.1, 0.15) is 0 Å². The fourth-order valence-corrected chi connectivity index (χ4v) is 4.50. The fourth-order valence-electron chi connectivity index (χ4n) is 3.45. The number of nitrogens with one attached hydrogen (secondary N) is 2. The highest BCUT2D eigenvalue weighted by atomic mass is 32.2. The van der Waals surface area contributed by atoms with Crippen LogP contribution in [0.5, 0.6) is 0 Å². The second kappa shape index (κ2) is 10.9. The molecule has 0 bridgehead atoms. The summed E-state index contributed by atoms with van der Waals surface area (Å²) < 4.78 is 40.1. The fraction of sp³-hybridized carbons (Fsp3) is 0.192. The Morgan fingerprint density at radius 2 is 1.64 bits per heavy atom. The number of benzene rings is 3. The number of hydrogen-bond acceptors (Lipinski definition) is 4. The van der Waals surface area contributed by atoms with E-state index in [0.717, 1.165) is 23.4 Å². The molecule has 0 aliphatic heterocycles. The minimum absolute atomic E-state index is 0.0677. The monoisotopic (exact) mass is 511 g/mol. The van der Waals surface area contributed by atoms with Gasteiger partial charge in [0, 0.05) is 17.1 Å². The van der Waals surface area contributed by atoms with Gasteiger partial charge < -0.3 is 10.6 Å². The molecule has 186 valence electrons. The van der Waals surface area contributed by atoms with Crippen LogP contribution in [0.3, 0.4) is 0 Å². The van der Waals surface area contributed by atoms with Crippen molar-refractivity contribution in [2.24, 2.45) is 0 Å². The summed E-state index contributed by atoms with van der Waals surface area (Å²) in [6.07, 6.45) is -4.43. The molecule has 4 rings (SSSR count). The Labute approximate surface area is 211 Å². The lowest BCUT2D eigenvalue weighted by Gasteiger charge is -2.12. The van der Waals surface area contributed by atoms with E-state index in [1.54, 1.807) is 11.8 Å². The number of hydrogen-bond donors (Lipinski definition) is 2. The van der Waals surface area contributed by atoms with Gasteiger partial charge in [-0.25, -0.2) is 4.79 Å². The number of urea groups is 1. The molecule has 0 saturated carbocycles. The summed E-state index contributed by atoms with van der Waals surface area (Å²) in [7, 11) is 0. The van der Waals surface area contributed by atoms with Gasteiger partial charge in [-0.15, -0.1) is 10.2 Å². The van der Waals surface area contributed by atoms with Crippen LogP contribution in [0.2, 0.25) is 0 Å². The predicted octanol–water partition coefficient (Wildman–Crippen LogP) is 6.52. The highest BCUT2D eigenvalue weighted by Crippen LogP contribution is 2.30. The molecule has 3 aromatic carbocycles. The Hall–Kier alpha value is -3.79. The maximum atomic E-state index is 12.7. The van der Waals surface area contributed by atoms with Crippen LogP contribution in [0.4, 0.5) is 23.7 Å². The Kier molecular flexibility index (Phi) is 7.64. The molecule has 2 amide bonds. The number of carbonyl (C=O) groups excluding carboxylic acids is 1. The number of nitrogens with zero attached hydrogens (tertiary/aromatic N) is 3. The molecule has 36 heavy (non-hydrogen) atoms. The lowest BCUT2D eigenvalue weighted by molar-refractivity contribution is -0.137. The van der Waals surface area contributed by atoms with Crippen molar-refractivity contribution in [1.29, 1.82) is 0 Å². The Morgan fingerprint density at radius 3 is 2.31 bits per heavy atom. The maximum Gasteiger partial charge on any atom is 0.416 e. The van der Waals surface area contributed by atoms with E-state index in [2.05, 4.69) is 39.9 Å². The Balaban J connectivity index is 1.48. The molecule has 0 radical (unpaired) electrons. The average molecular weight is 512 g/mol. The number of amides is 2. The zero-order valence-electron chi connectivity index (χ0n) is 19.6. The first-order chi connectivity index (χ1) is 17.2. The molecule has 0 unspecified atom stereocenters. The number of carbonyl (C=O) groups is 1. The summed E-state index contributed by atoms with van der Waals surface area (Å²) in [5, 5.41) is 14.6. The van der Waals surface area contributed by atoms with Crippen LogP contribution >= 0.6 is 11.8 Å². The number of aromatic nitrogens is 3. The van der Waals surface area contributed by atoms with Crippen molar-refractivity contribution in [3.8, 4) is 5.69 Å². The highest BCUT2D eigenvalue weighted by molar-refractivity contribution is 7.98. The van der Waals surface area contributed by atoms with Gasteiger partial charge in [0.2, 0.25) is 0 Å². The van der Waals surface area contributed by atoms with Gasteiger partial charge >= 0.3 is 12.2 Å². The first kappa shape index (κ1) is 25.3. The molecule has 0 atom stereocenters. The second-order valence-corrected chi connectivity index (χ2v) is 9.11. The molecule has 10 heteroatoms. The third-order valence-electron chi connectivity index (χ3n) is 5.49. The summed E-state index contributed by atoms with van der Waals surface area (Å²) in [6.45, 7) is 4.13. The lowest BCUT2D eigenvalue weighted by atomic mass is 10.1. The maximum absolute atomic E-state index is 12.7. The molecule has 0 spiro atoms. The summed E-state index contributed by atoms with van der Waals surface area (Å²) in [4.78, 5) is 12.4. The van der Waals surface area contributed by atoms with Crippen molar-refractivity contribution in [3.63, 3.8) is 0 Å². The molecule has 6 nitrogen and oxygen atoms in total. The second-order valence-electron chi connectivity index (χ2n) is 8.17. The van der Waals surface area contributed by atoms with Crippen LogP contribution < -0.4 is 10.6 Å². The third kappa shape index (κ3) is 6.25. The summed E-state index contributed by atoms with van der Waals surface area (Å²) in [6, 6.07) is 19.7. The average Bonchev–Trinajstić information content (AvgIpc) is 3.25. The lowest BCUT2D eigenvalue weighted by Crippen LogP contribution is -2.29. The van der Waals surface area contributed by atoms with E-state index in [-0.39, 0.29) is 12.2 Å². The Bertz CT molecular complexity index is 1340. The number of thioether (sulfide) groups is 1. The normalized spacial score (nSPS) is 11.4. The molecule has 4 aromatic rings. The molecule has 0 aliphatic rings. The van der Waals surface area contributed by atoms with Crippen LogP contribution in [0, 0.1) is 13.8 Å². The minimum Gasteiger partial charge on any atom is -0.331 e. The van der Waals surface area contributed by atoms with Gasteiger partial charge in [-0.1, -0.05) is 53.7 Å². The summed E-state index contributed by atoms with van der Waals surface area (Å²) in [5.74, 6) is 1.23. The van der Waals surface area contributed by atoms with E-state index in [4.69, 9.17) is 0 Å². The SMILES string of the molecule is Cc1ccc(-n2c(CNC(=O)Nc3ccc(C(F)(F)F)cc3)nnc2SCc2ccccc2C)cc1. The van der Waals surface area contributed by atoms with E-state index < -0.39 is 17.8 Å². The molecular formula is C26H24F3N5OS. The number of alkyl halides is 3. The van der Waals surface area contributed by atoms with Crippen LogP contribution in [-0.4, -0.2) is 20.8 Å². The van der Waals surface area contributed by atoms with Crippen molar-refractivity contribution < 1.29 is 18.0 Å². The van der Waals surface area contributed by atoms with Gasteiger partial charge in [-0.2, -0.15) is 13.2 Å². The smallest absolute Gasteiger partial charge is 0.331 e. The van der Waals surface area contributed by atoms with Crippen LogP contribution in [-0.2, 0) is 18.5 Å². The van der Waals surface area contributed by atoms with Gasteiger partial charge in [0.05, 0.1) is 12.1 Å². The molecule has 0 aliphatic carbocycles. The van der Waals surface area contributed by atoms with Crippen molar-refractivity contribution in [2.75, 3.05) is 5.32 Å². The minimum atomic E-state index is -4.43. The van der Waals surface area contributed by atoms with Crippen molar-refractivity contribution in [2.45, 2.75) is 37.5 Å². The van der Waals surface area contributed by atoms with E-state index in [9.17, 15) is 18.0 Å². The van der Waals surface area contributed by atoms with Gasteiger partial charge in [0.15, 0.2) is 11.0 Å². The molecular weight excluding hydrogens is 487 g/mol. The zero-order valence-corrected chi connectivity index (χ0v) is 20.5. The van der Waals surface area contributed by atoms with Crippen LogP contribution in [0.1, 0.15) is 28.1 Å². The first-order valence-electron chi connectivity index (χ1n) is 11.1. The molecule has 1 heterocycles. The molecule has 0 saturated heterocycles. The number of rotatable bonds is 7. The standard InChI is InChI=1S/C26H24F3N5OS/c1-17-7-13-22(14-8-17)34-23(32-33-25(34)36-16-19-6-4-3-5-18(19)2)15-30-24(35)31-21-11-9-20(10-12-21)26(27,28)29/h3-14H,15-16H2,1-2H3,(H2,30,31,35). The van der Waals surface area contributed by atoms with Crippen molar-refractivity contribution in [1.82, 2.24) is 20.1 Å². The van der Waals surface area contributed by atoms with E-state index in [1.807, 2.05) is 47.9 Å². The predicted molar refractivity (Wildman–Crippen MR) is 134 cm³/mol. The van der Waals surface area contributed by atoms with Crippen molar-refractivity contribution >= 4 is 23.5 Å². The first-order valence-corrected chi connectivity index (χ1v) is 12.1. The molecule has 2 N–H and O–H groups in total. The topological polar surface area (TPSA) is 71.8 Å². The third-order valence-corrected chi connectivity index (χ3v) is 6.47. The largest absolute Gasteiger partial charge is 0.416 e. The zero-order chi connectivity index (χ0) is 25.7. The van der Waals surface area contributed by atoms with E-state index >= 15 is 0 Å². The molecule has 1 aromatic heterocycles. The van der Waals surface area contributed by atoms with Gasteiger partial charge in [-0.3, -0.25) is 4.57 Å². The van der Waals surface area contributed by atoms with E-state index in [0.29, 0.717) is 16.7 Å². The number of halogens is 3.